The van der Waals surface area contributed by atoms with Crippen molar-refractivity contribution in [3.63, 3.8) is 0 Å². The molecule has 0 aliphatic carbocycles. The second-order valence-corrected chi connectivity index (χ2v) is 19.7. The molecule has 1 aromatic rings. The summed E-state index contributed by atoms with van der Waals surface area (Å²) in [7, 11) is 0. The van der Waals surface area contributed by atoms with Gasteiger partial charge < -0.3 is 0 Å². The summed E-state index contributed by atoms with van der Waals surface area (Å²) in [6.07, 6.45) is 7.82. The van der Waals surface area contributed by atoms with Gasteiger partial charge in [0.05, 0.1) is 0 Å². The van der Waals surface area contributed by atoms with Gasteiger partial charge in [0, 0.05) is 0 Å². The summed E-state index contributed by atoms with van der Waals surface area (Å²) >= 11 is -2.37. The van der Waals surface area contributed by atoms with Crippen LogP contribution in [0.3, 0.4) is 0 Å². The Hall–Kier alpha value is -0.511. The molecule has 0 saturated heterocycles. The molecule has 22 heavy (non-hydrogen) atoms. The maximum atomic E-state index is 11.1. The number of rotatable bonds is 11. The van der Waals surface area contributed by atoms with E-state index in [9.17, 15) is 4.79 Å². The van der Waals surface area contributed by atoms with E-state index < -0.39 is 24.3 Å². The van der Waals surface area contributed by atoms with Crippen molar-refractivity contribution in [3.8, 4) is 0 Å². The fourth-order valence-corrected chi connectivity index (χ4v) is 19.2. The predicted molar refractivity (Wildman–Crippen MR) is 97.9 cm³/mol. The number of aromatic carboxylic acids is 1. The molecular formula is C19H32O2Sn. The van der Waals surface area contributed by atoms with Crippen LogP contribution in [0.5, 0.6) is 0 Å². The normalized spacial score (nSPS) is 11.6. The molecule has 0 aliphatic rings. The van der Waals surface area contributed by atoms with Crippen LogP contribution < -0.4 is 3.58 Å². The van der Waals surface area contributed by atoms with Crippen molar-refractivity contribution in [2.75, 3.05) is 0 Å². The topological polar surface area (TPSA) is 37.3 Å². The third kappa shape index (κ3) is 5.60. The summed E-state index contributed by atoms with van der Waals surface area (Å²) < 4.78 is 5.84. The average Bonchev–Trinajstić information content (AvgIpc) is 2.54. The molecule has 0 heterocycles. The zero-order chi connectivity index (χ0) is 16.4. The maximum absolute atomic E-state index is 11.1. The third-order valence-corrected chi connectivity index (χ3v) is 20.4. The van der Waals surface area contributed by atoms with E-state index in [2.05, 4.69) is 32.9 Å². The first-order chi connectivity index (χ1) is 10.6. The average molecular weight is 411 g/mol. The van der Waals surface area contributed by atoms with E-state index in [0.717, 1.165) is 0 Å². The SMILES string of the molecule is CCC[CH2][Sn]([CH2]CCC)([CH2]CCC)[c]1ccc(C(=O)O)cc1. The summed E-state index contributed by atoms with van der Waals surface area (Å²) in [6.45, 7) is 6.84. The van der Waals surface area contributed by atoms with Crippen LogP contribution in [-0.4, -0.2) is 29.5 Å². The molecule has 0 spiro atoms. The van der Waals surface area contributed by atoms with Crippen LogP contribution in [0.1, 0.15) is 69.7 Å². The van der Waals surface area contributed by atoms with Crippen LogP contribution in [0.25, 0.3) is 0 Å². The molecule has 0 radical (unpaired) electrons. The molecular weight excluding hydrogens is 379 g/mol. The van der Waals surface area contributed by atoms with Crippen LogP contribution in [0, 0.1) is 0 Å². The van der Waals surface area contributed by atoms with Gasteiger partial charge in [-0.2, -0.15) is 0 Å². The molecule has 0 bridgehead atoms. The zero-order valence-electron chi connectivity index (χ0n) is 14.5. The quantitative estimate of drug-likeness (QED) is 0.493. The molecule has 0 saturated carbocycles. The van der Waals surface area contributed by atoms with Crippen LogP contribution >= 0.6 is 0 Å². The van der Waals surface area contributed by atoms with E-state index in [1.54, 1.807) is 3.58 Å². The van der Waals surface area contributed by atoms with Crippen molar-refractivity contribution in [2.24, 2.45) is 0 Å². The second-order valence-electron chi connectivity index (χ2n) is 6.47. The minimum absolute atomic E-state index is 0.422. The molecule has 2 nitrogen and oxygen atoms in total. The fourth-order valence-electron chi connectivity index (χ4n) is 3.32. The monoisotopic (exact) mass is 412 g/mol. The van der Waals surface area contributed by atoms with E-state index in [-0.39, 0.29) is 0 Å². The summed E-state index contributed by atoms with van der Waals surface area (Å²) in [5, 5.41) is 9.12. The Morgan fingerprint density at radius 3 is 1.59 bits per heavy atom. The standard InChI is InChI=1S/C7H5O2.3C4H9.Sn/c8-7(9)6-4-2-1-3-5-6;3*1-3-4-2;/h2-5H,(H,8,9);3*1,3-4H2,2H3;. The van der Waals surface area contributed by atoms with Gasteiger partial charge in [0.25, 0.3) is 0 Å². The van der Waals surface area contributed by atoms with Gasteiger partial charge in [-0.25, -0.2) is 0 Å². The van der Waals surface area contributed by atoms with Crippen molar-refractivity contribution >= 4 is 27.9 Å². The molecule has 1 aromatic carbocycles. The van der Waals surface area contributed by atoms with Crippen LogP contribution in [0.2, 0.25) is 13.3 Å². The van der Waals surface area contributed by atoms with Gasteiger partial charge in [0.15, 0.2) is 0 Å². The first-order valence-corrected chi connectivity index (χ1v) is 16.4. The molecule has 1 rings (SSSR count). The Morgan fingerprint density at radius 1 is 0.864 bits per heavy atom. The zero-order valence-corrected chi connectivity index (χ0v) is 17.4. The van der Waals surface area contributed by atoms with Gasteiger partial charge in [-0.05, 0) is 0 Å². The molecule has 1 N–H and O–H groups in total. The van der Waals surface area contributed by atoms with E-state index >= 15 is 0 Å². The molecule has 0 fully saturated rings. The Morgan fingerprint density at radius 2 is 1.27 bits per heavy atom. The van der Waals surface area contributed by atoms with Crippen LogP contribution in [0.15, 0.2) is 24.3 Å². The Labute approximate surface area is 140 Å². The van der Waals surface area contributed by atoms with Crippen LogP contribution in [0.4, 0.5) is 0 Å². The molecule has 0 atom stereocenters. The Kier molecular flexibility index (Phi) is 9.14. The summed E-state index contributed by atoms with van der Waals surface area (Å²) in [5.74, 6) is -0.817. The van der Waals surface area contributed by atoms with E-state index in [4.69, 9.17) is 5.11 Å². The Balaban J connectivity index is 3.09. The predicted octanol–water partition coefficient (Wildman–Crippen LogP) is 5.44. The first kappa shape index (κ1) is 19.5. The number of carbonyl (C=O) groups is 1. The number of carboxylic acids is 1. The van der Waals surface area contributed by atoms with Gasteiger partial charge in [-0.3, -0.25) is 0 Å². The van der Waals surface area contributed by atoms with E-state index in [1.807, 2.05) is 12.1 Å². The Bertz CT molecular complexity index is 417. The second kappa shape index (κ2) is 10.3. The number of carboxylic acid groups (broad SMARTS) is 1. The number of hydrogen-bond donors (Lipinski definition) is 1. The molecule has 3 heteroatoms. The van der Waals surface area contributed by atoms with Crippen molar-refractivity contribution in [1.82, 2.24) is 0 Å². The molecule has 0 aliphatic heterocycles. The van der Waals surface area contributed by atoms with Crippen molar-refractivity contribution in [2.45, 2.75) is 72.6 Å². The summed E-state index contributed by atoms with van der Waals surface area (Å²) in [4.78, 5) is 11.1. The van der Waals surface area contributed by atoms with Crippen LogP contribution in [-0.2, 0) is 0 Å². The van der Waals surface area contributed by atoms with Crippen molar-refractivity contribution in [1.29, 1.82) is 0 Å². The molecule has 124 valence electrons. The summed E-state index contributed by atoms with van der Waals surface area (Å²) in [5.41, 5.74) is 0.422. The van der Waals surface area contributed by atoms with Crippen molar-refractivity contribution < 1.29 is 9.90 Å². The summed E-state index contributed by atoms with van der Waals surface area (Å²) in [6, 6.07) is 7.96. The van der Waals surface area contributed by atoms with Gasteiger partial charge in [-0.1, -0.05) is 0 Å². The fraction of sp³-hybridized carbons (Fsp3) is 0.632. The van der Waals surface area contributed by atoms with Gasteiger partial charge >= 0.3 is 140 Å². The number of benzene rings is 1. The van der Waals surface area contributed by atoms with E-state index in [0.29, 0.717) is 5.56 Å². The molecule has 0 unspecified atom stereocenters. The number of hydrogen-bond acceptors (Lipinski definition) is 1. The number of unbranched alkanes of at least 4 members (excludes halogenated alkanes) is 3. The van der Waals surface area contributed by atoms with Crippen molar-refractivity contribution in [3.05, 3.63) is 29.8 Å². The van der Waals surface area contributed by atoms with E-state index in [1.165, 1.54) is 51.8 Å². The minimum atomic E-state index is -2.37. The van der Waals surface area contributed by atoms with Gasteiger partial charge in [-0.15, -0.1) is 0 Å². The van der Waals surface area contributed by atoms with Gasteiger partial charge in [0.2, 0.25) is 0 Å². The molecule has 0 aromatic heterocycles. The van der Waals surface area contributed by atoms with Gasteiger partial charge in [0.1, 0.15) is 0 Å². The third-order valence-electron chi connectivity index (χ3n) is 4.77. The molecule has 0 amide bonds. The first-order valence-electron chi connectivity index (χ1n) is 8.93.